The molecule has 0 saturated carbocycles. The Balaban J connectivity index is 2.38. The van der Waals surface area contributed by atoms with Gasteiger partial charge < -0.3 is 9.64 Å². The summed E-state index contributed by atoms with van der Waals surface area (Å²) in [6.45, 7) is 18.4. The van der Waals surface area contributed by atoms with Gasteiger partial charge in [0, 0.05) is 18.7 Å². The molecule has 4 heteroatoms. The highest BCUT2D eigenvalue weighted by molar-refractivity contribution is 6.90. The Kier molecular flexibility index (Phi) is 6.59. The maximum absolute atomic E-state index is 14.3. The Bertz CT molecular complexity index is 617. The lowest BCUT2D eigenvalue weighted by atomic mass is 10.2. The average molecular weight is 361 g/mol. The molecule has 0 N–H and O–H groups in total. The van der Waals surface area contributed by atoms with Crippen molar-refractivity contribution in [3.8, 4) is 11.5 Å². The van der Waals surface area contributed by atoms with Gasteiger partial charge in [0.05, 0.1) is 31.4 Å². The number of benzene rings is 1. The number of ether oxygens (including phenoxy) is 1. The van der Waals surface area contributed by atoms with Crippen molar-refractivity contribution < 1.29 is 9.13 Å². The van der Waals surface area contributed by atoms with Crippen molar-refractivity contribution >= 4 is 13.8 Å². The molecule has 0 bridgehead atoms. The molecular weight excluding hydrogens is 329 g/mol. The minimum Gasteiger partial charge on any atom is -0.378 e. The predicted octanol–water partition coefficient (Wildman–Crippen LogP) is 5.05. The molecule has 136 valence electrons. The van der Waals surface area contributed by atoms with Crippen LogP contribution in [0.1, 0.15) is 40.2 Å². The molecule has 0 aliphatic carbocycles. The Morgan fingerprint density at radius 2 is 1.72 bits per heavy atom. The largest absolute Gasteiger partial charge is 0.378 e. The zero-order valence-corrected chi connectivity index (χ0v) is 17.2. The van der Waals surface area contributed by atoms with Gasteiger partial charge in [0.1, 0.15) is 5.82 Å². The summed E-state index contributed by atoms with van der Waals surface area (Å²) >= 11 is 0. The number of hydrogen-bond acceptors (Lipinski definition) is 2. The van der Waals surface area contributed by atoms with E-state index in [4.69, 9.17) is 4.74 Å². The first-order chi connectivity index (χ1) is 11.8. The quantitative estimate of drug-likeness (QED) is 0.423. The highest BCUT2D eigenvalue weighted by atomic mass is 28.3. The molecule has 2 nitrogen and oxygen atoms in total. The highest BCUT2D eigenvalue weighted by Gasteiger charge is 2.46. The predicted molar refractivity (Wildman–Crippen MR) is 107 cm³/mol. The SMILES string of the molecule is [CH2+]C(C)[Si](C#Cc1ccc(F)c(N2CCOCC2)c1)(C(C)C)C(C)C. The topological polar surface area (TPSA) is 12.5 Å². The maximum atomic E-state index is 14.3. The third-order valence-electron chi connectivity index (χ3n) is 5.45. The fourth-order valence-corrected chi connectivity index (χ4v) is 8.83. The van der Waals surface area contributed by atoms with Crippen LogP contribution in [0.2, 0.25) is 16.6 Å². The van der Waals surface area contributed by atoms with Crippen LogP contribution in [-0.2, 0) is 4.74 Å². The van der Waals surface area contributed by atoms with Crippen LogP contribution in [0.3, 0.4) is 0 Å². The van der Waals surface area contributed by atoms with Gasteiger partial charge in [-0.05, 0) is 36.2 Å². The molecule has 1 aromatic carbocycles. The molecule has 0 amide bonds. The van der Waals surface area contributed by atoms with E-state index in [1.54, 1.807) is 6.07 Å². The van der Waals surface area contributed by atoms with Crippen molar-refractivity contribution in [2.45, 2.75) is 51.2 Å². The summed E-state index contributed by atoms with van der Waals surface area (Å²) in [7, 11) is -1.88. The van der Waals surface area contributed by atoms with E-state index in [0.29, 0.717) is 35.5 Å². The second-order valence-electron chi connectivity index (χ2n) is 7.66. The van der Waals surface area contributed by atoms with Gasteiger partial charge >= 0.3 is 0 Å². The zero-order valence-electron chi connectivity index (χ0n) is 16.2. The van der Waals surface area contributed by atoms with Crippen LogP contribution in [0.25, 0.3) is 0 Å². The van der Waals surface area contributed by atoms with Crippen molar-refractivity contribution in [2.24, 2.45) is 0 Å². The van der Waals surface area contributed by atoms with Crippen LogP contribution in [-0.4, -0.2) is 34.4 Å². The second kappa shape index (κ2) is 8.29. The molecular formula is C21H31FNOSi+. The molecule has 1 saturated heterocycles. The Morgan fingerprint density at radius 3 is 2.24 bits per heavy atom. The van der Waals surface area contributed by atoms with Crippen LogP contribution in [0.5, 0.6) is 0 Å². The van der Waals surface area contributed by atoms with Gasteiger partial charge in [0.2, 0.25) is 0 Å². The van der Waals surface area contributed by atoms with E-state index in [1.165, 1.54) is 6.07 Å². The van der Waals surface area contributed by atoms with Crippen LogP contribution < -0.4 is 4.90 Å². The van der Waals surface area contributed by atoms with Crippen LogP contribution in [0.15, 0.2) is 18.2 Å². The summed E-state index contributed by atoms with van der Waals surface area (Å²) in [5.74, 6) is 3.20. The summed E-state index contributed by atoms with van der Waals surface area (Å²) in [6, 6.07) is 5.22. The summed E-state index contributed by atoms with van der Waals surface area (Å²) in [4.78, 5) is 2.05. The van der Waals surface area contributed by atoms with E-state index in [-0.39, 0.29) is 5.82 Å². The first-order valence-electron chi connectivity index (χ1n) is 9.27. The van der Waals surface area contributed by atoms with Gasteiger partial charge in [0.25, 0.3) is 0 Å². The number of morpholine rings is 1. The van der Waals surface area contributed by atoms with Crippen molar-refractivity contribution in [1.82, 2.24) is 0 Å². The first kappa shape index (κ1) is 19.9. The number of hydrogen-bond donors (Lipinski definition) is 0. The summed E-state index contributed by atoms with van der Waals surface area (Å²) in [5.41, 5.74) is 6.60. The average Bonchev–Trinajstić information content (AvgIpc) is 2.56. The molecule has 0 spiro atoms. The van der Waals surface area contributed by atoms with E-state index < -0.39 is 8.07 Å². The fourth-order valence-electron chi connectivity index (χ4n) is 4.03. The number of halogens is 1. The molecule has 1 aromatic rings. The van der Waals surface area contributed by atoms with E-state index in [2.05, 4.69) is 53.0 Å². The molecule has 2 rings (SSSR count). The Morgan fingerprint density at radius 1 is 1.12 bits per heavy atom. The number of nitrogens with zero attached hydrogens (tertiary/aromatic N) is 1. The van der Waals surface area contributed by atoms with E-state index in [0.717, 1.165) is 18.7 Å². The van der Waals surface area contributed by atoms with Gasteiger partial charge in [-0.3, -0.25) is 0 Å². The minimum absolute atomic E-state index is 0.186. The molecule has 1 atom stereocenters. The van der Waals surface area contributed by atoms with Crippen molar-refractivity contribution in [2.75, 3.05) is 31.2 Å². The van der Waals surface area contributed by atoms with E-state index in [9.17, 15) is 4.39 Å². The lowest BCUT2D eigenvalue weighted by molar-refractivity contribution is 0.122. The summed E-state index contributed by atoms with van der Waals surface area (Å²) < 4.78 is 19.7. The van der Waals surface area contributed by atoms with Gasteiger partial charge in [-0.25, -0.2) is 4.39 Å². The van der Waals surface area contributed by atoms with Gasteiger partial charge in [-0.2, -0.15) is 0 Å². The third-order valence-corrected chi connectivity index (χ3v) is 11.5. The standard InChI is InChI=1S/C21H31FNOSi/c1-16(2)25(17(3)4,18(5)6)14-9-19-7-8-20(22)21(15-19)23-10-12-24-13-11-23/h7-8,15-18H,1,10-13H2,2-6H3/q+1. The normalized spacial score (nSPS) is 16.7. The highest BCUT2D eigenvalue weighted by Crippen LogP contribution is 2.40. The monoisotopic (exact) mass is 360 g/mol. The van der Waals surface area contributed by atoms with Gasteiger partial charge in [-0.15, -0.1) is 5.54 Å². The lowest BCUT2D eigenvalue weighted by Gasteiger charge is -2.34. The second-order valence-corrected chi connectivity index (χ2v) is 13.1. The van der Waals surface area contributed by atoms with Crippen LogP contribution >= 0.6 is 0 Å². The molecule has 1 fully saturated rings. The molecule has 0 aromatic heterocycles. The minimum atomic E-state index is -1.88. The molecule has 1 aliphatic rings. The maximum Gasteiger partial charge on any atom is 0.196 e. The number of anilines is 1. The van der Waals surface area contributed by atoms with Crippen LogP contribution in [0, 0.1) is 24.2 Å². The van der Waals surface area contributed by atoms with Gasteiger partial charge in [-0.1, -0.05) is 33.6 Å². The lowest BCUT2D eigenvalue weighted by Crippen LogP contribution is -2.43. The first-order valence-corrected chi connectivity index (χ1v) is 11.5. The molecule has 1 heterocycles. The summed E-state index contributed by atoms with van der Waals surface area (Å²) in [6.07, 6.45) is 0. The van der Waals surface area contributed by atoms with Gasteiger partial charge in [0.15, 0.2) is 8.07 Å². The fraction of sp³-hybridized carbons (Fsp3) is 0.571. The Labute approximate surface area is 153 Å². The zero-order chi connectivity index (χ0) is 18.6. The van der Waals surface area contributed by atoms with Crippen LogP contribution in [0.4, 0.5) is 10.1 Å². The Hall–Kier alpha value is -1.44. The molecule has 25 heavy (non-hydrogen) atoms. The molecule has 0 radical (unpaired) electrons. The van der Waals surface area contributed by atoms with Crippen molar-refractivity contribution in [3.05, 3.63) is 36.5 Å². The van der Waals surface area contributed by atoms with Crippen molar-refractivity contribution in [1.29, 1.82) is 0 Å². The van der Waals surface area contributed by atoms with Crippen molar-refractivity contribution in [3.63, 3.8) is 0 Å². The van der Waals surface area contributed by atoms with E-state index >= 15 is 0 Å². The number of rotatable bonds is 4. The molecule has 1 unspecified atom stereocenters. The molecule has 1 aliphatic heterocycles. The van der Waals surface area contributed by atoms with E-state index in [1.807, 2.05) is 11.0 Å². The third kappa shape index (κ3) is 4.21. The smallest absolute Gasteiger partial charge is 0.196 e. The summed E-state index contributed by atoms with van der Waals surface area (Å²) in [5, 5.41) is 0.